The molecule has 0 amide bonds. The fourth-order valence-electron chi connectivity index (χ4n) is 2.99. The van der Waals surface area contributed by atoms with Gasteiger partial charge >= 0.3 is 0 Å². The Morgan fingerprint density at radius 2 is 1.82 bits per heavy atom. The van der Waals surface area contributed by atoms with Crippen LogP contribution in [0.1, 0.15) is 41.8 Å². The predicted molar refractivity (Wildman–Crippen MR) is 116 cm³/mol. The van der Waals surface area contributed by atoms with E-state index in [1.165, 1.54) is 0 Å². The number of benzene rings is 1. The summed E-state index contributed by atoms with van der Waals surface area (Å²) in [7, 11) is 0. The summed E-state index contributed by atoms with van der Waals surface area (Å²) in [5, 5.41) is 11.6. The summed E-state index contributed by atoms with van der Waals surface area (Å²) in [6.45, 7) is 3.24. The van der Waals surface area contributed by atoms with Crippen molar-refractivity contribution in [2.45, 2.75) is 38.0 Å². The highest BCUT2D eigenvalue weighted by Gasteiger charge is 2.23. The van der Waals surface area contributed by atoms with Crippen LogP contribution in [0, 0.1) is 6.92 Å². The molecule has 3 rings (SSSR count). The first-order valence-corrected chi connectivity index (χ1v) is 9.32. The average Bonchev–Trinajstić information content (AvgIpc) is 2.64. The quantitative estimate of drug-likeness (QED) is 0.655. The molecule has 0 spiro atoms. The second-order valence-electron chi connectivity index (χ2n) is 6.40. The highest BCUT2D eigenvalue weighted by molar-refractivity contribution is 6.42. The molecule has 3 N–H and O–H groups in total. The molecule has 1 saturated heterocycles. The minimum atomic E-state index is -0.920. The fourth-order valence-corrected chi connectivity index (χ4v) is 3.29. The molecule has 1 fully saturated rings. The Labute approximate surface area is 187 Å². The molecular weight excluding hydrogens is 446 g/mol. The lowest BCUT2D eigenvalue weighted by atomic mass is 9.96. The van der Waals surface area contributed by atoms with Gasteiger partial charge in [0.2, 0.25) is 5.88 Å². The van der Waals surface area contributed by atoms with Crippen molar-refractivity contribution in [1.82, 2.24) is 4.98 Å². The molecule has 2 heterocycles. The van der Waals surface area contributed by atoms with Crippen molar-refractivity contribution in [2.75, 3.05) is 13.2 Å². The van der Waals surface area contributed by atoms with E-state index in [4.69, 9.17) is 38.4 Å². The minimum absolute atomic E-state index is 0. The summed E-state index contributed by atoms with van der Waals surface area (Å²) in [6.07, 6.45) is 0.905. The largest absolute Gasteiger partial charge is 0.474 e. The number of halogens is 4. The van der Waals surface area contributed by atoms with Gasteiger partial charge < -0.3 is 20.3 Å². The van der Waals surface area contributed by atoms with E-state index < -0.39 is 12.1 Å². The smallest absolute Gasteiger partial charge is 0.213 e. The Kier molecular flexibility index (Phi) is 10.3. The van der Waals surface area contributed by atoms with Gasteiger partial charge in [0.05, 0.1) is 35.4 Å². The molecule has 0 aliphatic carbocycles. The van der Waals surface area contributed by atoms with Gasteiger partial charge in [0, 0.05) is 30.2 Å². The van der Waals surface area contributed by atoms with Gasteiger partial charge in [0.25, 0.3) is 0 Å². The molecule has 0 bridgehead atoms. The number of pyridine rings is 1. The number of aromatic nitrogens is 1. The van der Waals surface area contributed by atoms with Crippen molar-refractivity contribution in [3.8, 4) is 5.88 Å². The van der Waals surface area contributed by atoms with Crippen LogP contribution in [0.2, 0.25) is 10.0 Å². The first-order chi connectivity index (χ1) is 12.5. The van der Waals surface area contributed by atoms with Gasteiger partial charge in [0.15, 0.2) is 0 Å². The molecule has 1 aromatic carbocycles. The summed E-state index contributed by atoms with van der Waals surface area (Å²) in [6, 6.07) is 8.02. The Bertz CT molecular complexity index is 773. The zero-order valence-corrected chi connectivity index (χ0v) is 18.5. The Balaban J connectivity index is 0.00000196. The van der Waals surface area contributed by atoms with Crippen molar-refractivity contribution in [3.63, 3.8) is 0 Å². The van der Waals surface area contributed by atoms with E-state index in [2.05, 4.69) is 4.98 Å². The summed E-state index contributed by atoms with van der Waals surface area (Å²) >= 11 is 12.0. The maximum atomic E-state index is 10.7. The van der Waals surface area contributed by atoms with E-state index >= 15 is 0 Å². The highest BCUT2D eigenvalue weighted by Crippen LogP contribution is 2.32. The second-order valence-corrected chi connectivity index (χ2v) is 7.21. The number of nitrogens with two attached hydrogens (primary N) is 1. The molecule has 156 valence electrons. The zero-order chi connectivity index (χ0) is 18.7. The number of rotatable bonds is 5. The Morgan fingerprint density at radius 3 is 2.43 bits per heavy atom. The van der Waals surface area contributed by atoms with Crippen molar-refractivity contribution in [2.24, 2.45) is 5.73 Å². The molecule has 0 radical (unpaired) electrons. The first kappa shape index (κ1) is 25.2. The summed E-state index contributed by atoms with van der Waals surface area (Å²) in [4.78, 5) is 4.47. The van der Waals surface area contributed by atoms with Crippen LogP contribution in [0.3, 0.4) is 0 Å². The van der Waals surface area contributed by atoms with Crippen molar-refractivity contribution in [3.05, 3.63) is 57.2 Å². The van der Waals surface area contributed by atoms with Crippen LogP contribution in [0.5, 0.6) is 5.88 Å². The number of aliphatic hydroxyl groups excluding tert-OH is 1. The summed E-state index contributed by atoms with van der Waals surface area (Å²) < 4.78 is 11.2. The summed E-state index contributed by atoms with van der Waals surface area (Å²) in [5.41, 5.74) is 8.26. The molecule has 5 nitrogen and oxygen atoms in total. The van der Waals surface area contributed by atoms with Crippen LogP contribution in [0.4, 0.5) is 0 Å². The molecule has 0 saturated carbocycles. The van der Waals surface area contributed by atoms with Crippen molar-refractivity contribution >= 4 is 48.0 Å². The van der Waals surface area contributed by atoms with Gasteiger partial charge in [0.1, 0.15) is 6.10 Å². The molecule has 1 aliphatic heterocycles. The van der Waals surface area contributed by atoms with Gasteiger partial charge in [-0.05, 0) is 30.7 Å². The van der Waals surface area contributed by atoms with Gasteiger partial charge in [-0.1, -0.05) is 29.3 Å². The van der Waals surface area contributed by atoms with E-state index in [-0.39, 0.29) is 30.9 Å². The molecule has 1 aromatic heterocycles. The van der Waals surface area contributed by atoms with Crippen molar-refractivity contribution in [1.29, 1.82) is 0 Å². The predicted octanol–water partition coefficient (Wildman–Crippen LogP) is 4.83. The molecule has 2 aromatic rings. The van der Waals surface area contributed by atoms with E-state index in [0.717, 1.165) is 12.8 Å². The molecule has 28 heavy (non-hydrogen) atoms. The van der Waals surface area contributed by atoms with E-state index in [1.807, 2.05) is 6.92 Å². The van der Waals surface area contributed by atoms with E-state index in [9.17, 15) is 5.11 Å². The maximum absolute atomic E-state index is 10.7. The third kappa shape index (κ3) is 6.10. The Hall–Kier alpha value is -0.790. The van der Waals surface area contributed by atoms with Gasteiger partial charge in [-0.25, -0.2) is 4.98 Å². The van der Waals surface area contributed by atoms with Crippen LogP contribution in [-0.2, 0) is 4.74 Å². The van der Waals surface area contributed by atoms with Gasteiger partial charge in [-0.3, -0.25) is 0 Å². The van der Waals surface area contributed by atoms with Crippen LogP contribution in [-0.4, -0.2) is 29.4 Å². The third-order valence-electron chi connectivity index (χ3n) is 4.54. The normalized spacial score (nSPS) is 16.5. The van der Waals surface area contributed by atoms with Crippen LogP contribution >= 0.6 is 48.0 Å². The third-order valence-corrected chi connectivity index (χ3v) is 5.28. The number of hydrogen-bond donors (Lipinski definition) is 2. The lowest BCUT2D eigenvalue weighted by molar-refractivity contribution is 0.0236. The molecule has 9 heteroatoms. The first-order valence-electron chi connectivity index (χ1n) is 8.56. The molecule has 0 unspecified atom stereocenters. The molecule has 2 atom stereocenters. The Morgan fingerprint density at radius 1 is 1.14 bits per heavy atom. The molecular formula is C19H24Cl4N2O3. The molecule has 1 aliphatic rings. The van der Waals surface area contributed by atoms with Crippen LogP contribution in [0.15, 0.2) is 30.3 Å². The monoisotopic (exact) mass is 468 g/mol. The number of aryl methyl sites for hydroxylation is 1. The lowest BCUT2D eigenvalue weighted by Crippen LogP contribution is -2.26. The highest BCUT2D eigenvalue weighted by atomic mass is 35.5. The number of nitrogens with zero attached hydrogens (tertiary/aromatic N) is 1. The van der Waals surface area contributed by atoms with Crippen LogP contribution in [0.25, 0.3) is 0 Å². The number of ether oxygens (including phenoxy) is 2. The number of hydrogen-bond acceptors (Lipinski definition) is 5. The number of aliphatic hydroxyl groups is 1. The van der Waals surface area contributed by atoms with Crippen molar-refractivity contribution < 1.29 is 14.6 Å². The SMILES string of the molecule is Cc1nc(OC2CCOCC2)ccc1[C@H](O)[C@H](N)c1ccc(Cl)c(Cl)c1.Cl.Cl. The zero-order valence-electron chi connectivity index (χ0n) is 15.3. The summed E-state index contributed by atoms with van der Waals surface area (Å²) in [5.74, 6) is 0.549. The van der Waals surface area contributed by atoms with E-state index in [0.29, 0.717) is 46.0 Å². The maximum Gasteiger partial charge on any atom is 0.213 e. The van der Waals surface area contributed by atoms with Gasteiger partial charge in [-0.15, -0.1) is 24.8 Å². The van der Waals surface area contributed by atoms with Gasteiger partial charge in [-0.2, -0.15) is 0 Å². The topological polar surface area (TPSA) is 77.6 Å². The lowest BCUT2D eigenvalue weighted by Gasteiger charge is -2.24. The average molecular weight is 470 g/mol. The van der Waals surface area contributed by atoms with Crippen LogP contribution < -0.4 is 10.5 Å². The fraction of sp³-hybridized carbons (Fsp3) is 0.421. The standard InChI is InChI=1S/C19H22Cl2N2O3.2ClH/c1-11-14(3-5-17(23-11)26-13-6-8-25-9-7-13)19(24)18(22)12-2-4-15(20)16(21)10-12;;/h2-5,10,13,18-19,24H,6-9,22H2,1H3;2*1H/t18-,19+;;/m1../s1. The second kappa shape index (κ2) is 11.4. The minimum Gasteiger partial charge on any atom is -0.474 e. The van der Waals surface area contributed by atoms with E-state index in [1.54, 1.807) is 30.3 Å².